The van der Waals surface area contributed by atoms with Crippen LogP contribution in [0.15, 0.2) is 53.4 Å². The molecule has 0 aliphatic rings. The van der Waals surface area contributed by atoms with Gasteiger partial charge in [0.25, 0.3) is 0 Å². The number of rotatable bonds is 7. The third-order valence-corrected chi connectivity index (χ3v) is 5.44. The Labute approximate surface area is 136 Å². The molecule has 0 bridgehead atoms. The Morgan fingerprint density at radius 3 is 2.43 bits per heavy atom. The van der Waals surface area contributed by atoms with Gasteiger partial charge in [0.2, 0.25) is 10.0 Å². The van der Waals surface area contributed by atoms with Crippen LogP contribution in [-0.4, -0.2) is 25.8 Å². The highest BCUT2D eigenvalue weighted by Crippen LogP contribution is 2.21. The average Bonchev–Trinajstić information content (AvgIpc) is 2.54. The van der Waals surface area contributed by atoms with Crippen LogP contribution in [-0.2, 0) is 16.6 Å². The topological polar surface area (TPSA) is 63.4 Å². The van der Waals surface area contributed by atoms with E-state index in [1.807, 2.05) is 30.3 Å². The predicted octanol–water partition coefficient (Wildman–Crippen LogP) is 2.67. The fourth-order valence-electron chi connectivity index (χ4n) is 2.22. The van der Waals surface area contributed by atoms with Crippen molar-refractivity contribution in [3.63, 3.8) is 0 Å². The summed E-state index contributed by atoms with van der Waals surface area (Å²) in [5, 5.41) is 0. The van der Waals surface area contributed by atoms with Crippen molar-refractivity contribution in [1.29, 1.82) is 0 Å². The van der Waals surface area contributed by atoms with E-state index in [9.17, 15) is 12.8 Å². The number of hydrogen-bond donors (Lipinski definition) is 1. The van der Waals surface area contributed by atoms with E-state index in [-0.39, 0.29) is 11.4 Å². The van der Waals surface area contributed by atoms with E-state index in [4.69, 9.17) is 5.73 Å². The zero-order chi connectivity index (χ0) is 16.9. The molecule has 23 heavy (non-hydrogen) atoms. The Morgan fingerprint density at radius 2 is 1.83 bits per heavy atom. The summed E-state index contributed by atoms with van der Waals surface area (Å²) in [7, 11) is -3.77. The minimum atomic E-state index is -3.77. The van der Waals surface area contributed by atoms with Crippen LogP contribution in [0.5, 0.6) is 0 Å². The van der Waals surface area contributed by atoms with Gasteiger partial charge in [-0.25, -0.2) is 12.8 Å². The summed E-state index contributed by atoms with van der Waals surface area (Å²) in [6.45, 7) is 2.52. The first-order valence-electron chi connectivity index (χ1n) is 7.45. The van der Waals surface area contributed by atoms with Gasteiger partial charge >= 0.3 is 0 Å². The highest BCUT2D eigenvalue weighted by molar-refractivity contribution is 7.89. The summed E-state index contributed by atoms with van der Waals surface area (Å²) in [4.78, 5) is -0.0337. The quantitative estimate of drug-likeness (QED) is 0.845. The minimum Gasteiger partial charge on any atom is -0.330 e. The molecule has 2 aromatic rings. The zero-order valence-corrected chi connectivity index (χ0v) is 13.9. The van der Waals surface area contributed by atoms with Gasteiger partial charge in [-0.1, -0.05) is 36.4 Å². The molecule has 0 heterocycles. The number of aryl methyl sites for hydroxylation is 1. The monoisotopic (exact) mass is 336 g/mol. The van der Waals surface area contributed by atoms with Crippen molar-refractivity contribution in [3.8, 4) is 0 Å². The van der Waals surface area contributed by atoms with E-state index in [1.165, 1.54) is 16.4 Å². The van der Waals surface area contributed by atoms with Crippen LogP contribution in [0.4, 0.5) is 4.39 Å². The number of halogens is 1. The maximum absolute atomic E-state index is 13.7. The number of nitrogens with two attached hydrogens (primary N) is 1. The number of benzene rings is 2. The lowest BCUT2D eigenvalue weighted by molar-refractivity contribution is 0.401. The lowest BCUT2D eigenvalue weighted by atomic mass is 10.2. The molecular formula is C17H21FN2O2S. The van der Waals surface area contributed by atoms with Crippen molar-refractivity contribution < 1.29 is 12.8 Å². The van der Waals surface area contributed by atoms with E-state index in [2.05, 4.69) is 0 Å². The Morgan fingerprint density at radius 1 is 1.13 bits per heavy atom. The van der Waals surface area contributed by atoms with Gasteiger partial charge in [0.15, 0.2) is 0 Å². The van der Waals surface area contributed by atoms with Gasteiger partial charge in [0.05, 0.1) is 4.90 Å². The lowest BCUT2D eigenvalue weighted by Crippen LogP contribution is -2.32. The fourth-order valence-corrected chi connectivity index (χ4v) is 3.70. The smallest absolute Gasteiger partial charge is 0.243 e. The van der Waals surface area contributed by atoms with E-state index in [1.54, 1.807) is 6.92 Å². The third-order valence-electron chi connectivity index (χ3n) is 3.59. The van der Waals surface area contributed by atoms with Crippen LogP contribution in [0.1, 0.15) is 17.5 Å². The number of nitrogens with zero attached hydrogens (tertiary/aromatic N) is 1. The molecule has 6 heteroatoms. The van der Waals surface area contributed by atoms with E-state index in [0.29, 0.717) is 25.1 Å². The molecule has 0 amide bonds. The normalized spacial score (nSPS) is 11.8. The molecule has 2 aromatic carbocycles. The van der Waals surface area contributed by atoms with Crippen LogP contribution >= 0.6 is 0 Å². The van der Waals surface area contributed by atoms with E-state index < -0.39 is 15.8 Å². The van der Waals surface area contributed by atoms with Crippen molar-refractivity contribution in [2.45, 2.75) is 24.8 Å². The Hall–Kier alpha value is -1.76. The largest absolute Gasteiger partial charge is 0.330 e. The molecule has 4 nitrogen and oxygen atoms in total. The van der Waals surface area contributed by atoms with E-state index in [0.717, 1.165) is 11.6 Å². The highest BCUT2D eigenvalue weighted by Gasteiger charge is 2.25. The number of sulfonamides is 1. The van der Waals surface area contributed by atoms with Gasteiger partial charge in [-0.05, 0) is 43.1 Å². The summed E-state index contributed by atoms with van der Waals surface area (Å²) in [6.07, 6.45) is 0.542. The van der Waals surface area contributed by atoms with Gasteiger partial charge < -0.3 is 5.73 Å². The Kier molecular flexibility index (Phi) is 5.87. The molecule has 0 aliphatic carbocycles. The second-order valence-electron chi connectivity index (χ2n) is 5.38. The van der Waals surface area contributed by atoms with Crippen LogP contribution in [0.2, 0.25) is 0 Å². The number of hydrogen-bond acceptors (Lipinski definition) is 3. The van der Waals surface area contributed by atoms with Crippen molar-refractivity contribution in [1.82, 2.24) is 4.31 Å². The molecule has 0 radical (unpaired) electrons. The summed E-state index contributed by atoms with van der Waals surface area (Å²) in [6, 6.07) is 13.3. The maximum Gasteiger partial charge on any atom is 0.243 e. The van der Waals surface area contributed by atoms with Crippen LogP contribution in [0.3, 0.4) is 0 Å². The third kappa shape index (κ3) is 4.37. The van der Waals surface area contributed by atoms with Crippen LogP contribution in [0, 0.1) is 12.7 Å². The van der Waals surface area contributed by atoms with Crippen molar-refractivity contribution in [3.05, 3.63) is 65.5 Å². The van der Waals surface area contributed by atoms with Crippen LogP contribution in [0.25, 0.3) is 0 Å². The molecule has 0 atom stereocenters. The summed E-state index contributed by atoms with van der Waals surface area (Å²) in [5.41, 5.74) is 6.81. The van der Waals surface area contributed by atoms with Gasteiger partial charge in [-0.15, -0.1) is 0 Å². The average molecular weight is 336 g/mol. The zero-order valence-electron chi connectivity index (χ0n) is 13.1. The molecule has 0 aromatic heterocycles. The van der Waals surface area contributed by atoms with Crippen molar-refractivity contribution >= 4 is 10.0 Å². The summed E-state index contributed by atoms with van der Waals surface area (Å²) in [5.74, 6) is -0.524. The summed E-state index contributed by atoms with van der Waals surface area (Å²) >= 11 is 0. The molecule has 0 fully saturated rings. The van der Waals surface area contributed by atoms with Gasteiger partial charge in [-0.3, -0.25) is 0 Å². The molecule has 124 valence electrons. The molecule has 0 saturated heterocycles. The van der Waals surface area contributed by atoms with Gasteiger partial charge in [0, 0.05) is 13.1 Å². The van der Waals surface area contributed by atoms with Gasteiger partial charge in [-0.2, -0.15) is 4.31 Å². The second kappa shape index (κ2) is 7.68. The standard InChI is InChI=1S/C17H21FN2O2S/c1-14-8-9-16(12-17(14)18)23(21,22)20(11-5-10-19)13-15-6-3-2-4-7-15/h2-4,6-9,12H,5,10-11,13,19H2,1H3. The molecular weight excluding hydrogens is 315 g/mol. The molecule has 2 rings (SSSR count). The highest BCUT2D eigenvalue weighted by atomic mass is 32.2. The first-order chi connectivity index (χ1) is 10.9. The lowest BCUT2D eigenvalue weighted by Gasteiger charge is -2.22. The Bertz CT molecular complexity index is 748. The Balaban J connectivity index is 2.34. The molecule has 2 N–H and O–H groups in total. The molecule has 0 aliphatic heterocycles. The molecule has 0 saturated carbocycles. The fraction of sp³-hybridized carbons (Fsp3) is 0.294. The first kappa shape index (κ1) is 17.6. The molecule has 0 spiro atoms. The SMILES string of the molecule is Cc1ccc(S(=O)(=O)N(CCCN)Cc2ccccc2)cc1F. The predicted molar refractivity (Wildman–Crippen MR) is 88.8 cm³/mol. The summed E-state index contributed by atoms with van der Waals surface area (Å²) < 4.78 is 40.7. The van der Waals surface area contributed by atoms with Crippen molar-refractivity contribution in [2.24, 2.45) is 5.73 Å². The molecule has 0 unspecified atom stereocenters. The van der Waals surface area contributed by atoms with E-state index >= 15 is 0 Å². The maximum atomic E-state index is 13.7. The van der Waals surface area contributed by atoms with Gasteiger partial charge in [0.1, 0.15) is 5.82 Å². The first-order valence-corrected chi connectivity index (χ1v) is 8.89. The van der Waals surface area contributed by atoms with Crippen molar-refractivity contribution in [2.75, 3.05) is 13.1 Å². The second-order valence-corrected chi connectivity index (χ2v) is 7.32. The minimum absolute atomic E-state index is 0.0337. The van der Waals surface area contributed by atoms with Crippen LogP contribution < -0.4 is 5.73 Å².